The van der Waals surface area contributed by atoms with Gasteiger partial charge in [-0.25, -0.2) is 0 Å². The number of nitrogens with zero attached hydrogens (tertiary/aromatic N) is 1. The molecule has 5 heteroatoms. The van der Waals surface area contributed by atoms with Crippen molar-refractivity contribution in [2.24, 2.45) is 0 Å². The summed E-state index contributed by atoms with van der Waals surface area (Å²) in [4.78, 5) is 13.8. The predicted molar refractivity (Wildman–Crippen MR) is 59.0 cm³/mol. The van der Waals surface area contributed by atoms with Crippen LogP contribution in [0.4, 0.5) is 0 Å². The van der Waals surface area contributed by atoms with Crippen molar-refractivity contribution in [3.8, 4) is 0 Å². The van der Waals surface area contributed by atoms with E-state index < -0.39 is 5.60 Å². The van der Waals surface area contributed by atoms with E-state index in [2.05, 4.69) is 5.32 Å². The van der Waals surface area contributed by atoms with Gasteiger partial charge in [0.1, 0.15) is 6.10 Å². The van der Waals surface area contributed by atoms with E-state index >= 15 is 0 Å². The zero-order chi connectivity index (χ0) is 11.6. The van der Waals surface area contributed by atoms with Crippen molar-refractivity contribution >= 4 is 5.91 Å². The average Bonchev–Trinajstić information content (AvgIpc) is 2.28. The number of nitrogens with one attached hydrogen (secondary N) is 1. The summed E-state index contributed by atoms with van der Waals surface area (Å²) >= 11 is 0. The van der Waals surface area contributed by atoms with Crippen molar-refractivity contribution in [2.75, 3.05) is 32.8 Å². The maximum absolute atomic E-state index is 12.1. The summed E-state index contributed by atoms with van der Waals surface area (Å²) < 4.78 is 5.43. The molecule has 1 amide bonds. The summed E-state index contributed by atoms with van der Waals surface area (Å²) in [6.07, 6.45) is 1.25. The first-order valence-corrected chi connectivity index (χ1v) is 5.92. The van der Waals surface area contributed by atoms with E-state index in [-0.39, 0.29) is 12.0 Å². The molecule has 2 N–H and O–H groups in total. The molecule has 0 saturated carbocycles. The summed E-state index contributed by atoms with van der Waals surface area (Å²) in [6, 6.07) is 0. The highest BCUT2D eigenvalue weighted by Gasteiger charge is 2.34. The van der Waals surface area contributed by atoms with Crippen LogP contribution in [0.3, 0.4) is 0 Å². The third kappa shape index (κ3) is 2.72. The van der Waals surface area contributed by atoms with E-state index in [1.54, 1.807) is 11.8 Å². The van der Waals surface area contributed by atoms with Crippen LogP contribution < -0.4 is 5.32 Å². The van der Waals surface area contributed by atoms with Crippen LogP contribution in [-0.2, 0) is 9.53 Å². The molecule has 2 saturated heterocycles. The van der Waals surface area contributed by atoms with Gasteiger partial charge in [0, 0.05) is 26.2 Å². The SMILES string of the molecule is CC1(O)CCCN(C(=O)C2CNCCO2)C1. The fraction of sp³-hybridized carbons (Fsp3) is 0.909. The molecule has 0 radical (unpaired) electrons. The second-order valence-corrected chi connectivity index (χ2v) is 4.92. The fourth-order valence-electron chi connectivity index (χ4n) is 2.34. The molecule has 2 atom stereocenters. The smallest absolute Gasteiger partial charge is 0.253 e. The lowest BCUT2D eigenvalue weighted by molar-refractivity contribution is -0.151. The van der Waals surface area contributed by atoms with E-state index in [4.69, 9.17) is 4.74 Å². The molecule has 0 aromatic rings. The lowest BCUT2D eigenvalue weighted by Crippen LogP contribution is -2.55. The van der Waals surface area contributed by atoms with Gasteiger partial charge in [-0.3, -0.25) is 4.79 Å². The second-order valence-electron chi connectivity index (χ2n) is 4.92. The molecule has 0 spiro atoms. The molecule has 0 aromatic heterocycles. The van der Waals surface area contributed by atoms with Crippen molar-refractivity contribution in [2.45, 2.75) is 31.5 Å². The fourth-order valence-corrected chi connectivity index (χ4v) is 2.34. The lowest BCUT2D eigenvalue weighted by Gasteiger charge is -2.38. The van der Waals surface area contributed by atoms with Crippen molar-refractivity contribution in [3.05, 3.63) is 0 Å². The molecule has 2 fully saturated rings. The van der Waals surface area contributed by atoms with Crippen LogP contribution >= 0.6 is 0 Å². The molecule has 0 bridgehead atoms. The summed E-state index contributed by atoms with van der Waals surface area (Å²) in [5.41, 5.74) is -0.740. The Morgan fingerprint density at radius 3 is 3.06 bits per heavy atom. The largest absolute Gasteiger partial charge is 0.388 e. The maximum Gasteiger partial charge on any atom is 0.253 e. The summed E-state index contributed by atoms with van der Waals surface area (Å²) in [6.45, 7) is 4.91. The summed E-state index contributed by atoms with van der Waals surface area (Å²) in [7, 11) is 0. The number of likely N-dealkylation sites (tertiary alicyclic amines) is 1. The number of rotatable bonds is 1. The number of carbonyl (C=O) groups is 1. The Kier molecular flexibility index (Phi) is 3.47. The van der Waals surface area contributed by atoms with Crippen LogP contribution in [0.15, 0.2) is 0 Å². The van der Waals surface area contributed by atoms with Crippen molar-refractivity contribution in [1.29, 1.82) is 0 Å². The summed E-state index contributed by atoms with van der Waals surface area (Å²) in [5, 5.41) is 13.1. The number of morpholine rings is 1. The quantitative estimate of drug-likeness (QED) is 0.626. The van der Waals surface area contributed by atoms with Gasteiger partial charge in [-0.05, 0) is 19.8 Å². The molecule has 2 heterocycles. The Hall–Kier alpha value is -0.650. The van der Waals surface area contributed by atoms with Crippen molar-refractivity contribution < 1.29 is 14.6 Å². The Morgan fingerprint density at radius 1 is 1.62 bits per heavy atom. The molecule has 2 aliphatic heterocycles. The molecule has 2 rings (SSSR count). The summed E-state index contributed by atoms with van der Waals surface area (Å²) in [5.74, 6) is 0.00664. The van der Waals surface area contributed by atoms with Gasteiger partial charge in [0.25, 0.3) is 5.91 Å². The first-order chi connectivity index (χ1) is 7.58. The zero-order valence-electron chi connectivity index (χ0n) is 9.74. The number of β-amino-alcohol motifs (C(OH)–C–C–N with tert-alkyl or cyclic N) is 1. The van der Waals surface area contributed by atoms with Crippen LogP contribution in [0.5, 0.6) is 0 Å². The van der Waals surface area contributed by atoms with Gasteiger partial charge < -0.3 is 20.1 Å². The highest BCUT2D eigenvalue weighted by Crippen LogP contribution is 2.21. The number of carbonyl (C=O) groups excluding carboxylic acids is 1. The van der Waals surface area contributed by atoms with Crippen LogP contribution in [0.2, 0.25) is 0 Å². The topological polar surface area (TPSA) is 61.8 Å². The number of amides is 1. The van der Waals surface area contributed by atoms with Gasteiger partial charge in [-0.1, -0.05) is 0 Å². The van der Waals surface area contributed by atoms with E-state index in [9.17, 15) is 9.90 Å². The van der Waals surface area contributed by atoms with Gasteiger partial charge in [0.05, 0.1) is 12.2 Å². The van der Waals surface area contributed by atoms with Crippen LogP contribution in [0, 0.1) is 0 Å². The highest BCUT2D eigenvalue weighted by molar-refractivity contribution is 5.81. The Morgan fingerprint density at radius 2 is 2.44 bits per heavy atom. The molecule has 5 nitrogen and oxygen atoms in total. The molecule has 2 aliphatic rings. The minimum Gasteiger partial charge on any atom is -0.388 e. The van der Waals surface area contributed by atoms with Crippen molar-refractivity contribution in [1.82, 2.24) is 10.2 Å². The zero-order valence-corrected chi connectivity index (χ0v) is 9.74. The van der Waals surface area contributed by atoms with E-state index in [1.807, 2.05) is 0 Å². The Balaban J connectivity index is 1.93. The van der Waals surface area contributed by atoms with Gasteiger partial charge >= 0.3 is 0 Å². The maximum atomic E-state index is 12.1. The Bertz CT molecular complexity index is 262. The molecular formula is C11H20N2O3. The minimum absolute atomic E-state index is 0.00664. The monoisotopic (exact) mass is 228 g/mol. The second kappa shape index (κ2) is 4.69. The van der Waals surface area contributed by atoms with E-state index in [0.29, 0.717) is 19.7 Å². The average molecular weight is 228 g/mol. The molecule has 92 valence electrons. The lowest BCUT2D eigenvalue weighted by atomic mass is 9.95. The minimum atomic E-state index is -0.740. The van der Waals surface area contributed by atoms with Crippen LogP contribution in [-0.4, -0.2) is 60.4 Å². The van der Waals surface area contributed by atoms with Gasteiger partial charge in [0.15, 0.2) is 0 Å². The first kappa shape index (κ1) is 11.8. The molecule has 0 aliphatic carbocycles. The predicted octanol–water partition coefficient (Wildman–Crippen LogP) is -0.652. The Labute approximate surface area is 95.8 Å². The number of hydrogen-bond acceptors (Lipinski definition) is 4. The van der Waals surface area contributed by atoms with Crippen LogP contribution in [0.25, 0.3) is 0 Å². The van der Waals surface area contributed by atoms with Gasteiger partial charge in [-0.2, -0.15) is 0 Å². The van der Waals surface area contributed by atoms with E-state index in [0.717, 1.165) is 25.9 Å². The molecular weight excluding hydrogens is 208 g/mol. The third-order valence-electron chi connectivity index (χ3n) is 3.19. The van der Waals surface area contributed by atoms with Crippen molar-refractivity contribution in [3.63, 3.8) is 0 Å². The third-order valence-corrected chi connectivity index (χ3v) is 3.19. The molecule has 0 aromatic carbocycles. The molecule has 16 heavy (non-hydrogen) atoms. The number of ether oxygens (including phenoxy) is 1. The van der Waals surface area contributed by atoms with Gasteiger partial charge in [0.2, 0.25) is 0 Å². The first-order valence-electron chi connectivity index (χ1n) is 5.92. The standard InChI is InChI=1S/C11H20N2O3/c1-11(15)3-2-5-13(8-11)10(14)9-7-12-4-6-16-9/h9,12,15H,2-8H2,1H3. The highest BCUT2D eigenvalue weighted by atomic mass is 16.5. The number of aliphatic hydroxyl groups is 1. The van der Waals surface area contributed by atoms with Gasteiger partial charge in [-0.15, -0.1) is 0 Å². The van der Waals surface area contributed by atoms with Crippen LogP contribution in [0.1, 0.15) is 19.8 Å². The normalized spacial score (nSPS) is 36.1. The number of hydrogen-bond donors (Lipinski definition) is 2. The molecule has 2 unspecified atom stereocenters. The number of piperidine rings is 1. The van der Waals surface area contributed by atoms with E-state index in [1.165, 1.54) is 0 Å².